The van der Waals surface area contributed by atoms with E-state index < -0.39 is 6.09 Å². The number of benzene rings is 3. The van der Waals surface area contributed by atoms with Gasteiger partial charge in [0.1, 0.15) is 17.2 Å². The van der Waals surface area contributed by atoms with E-state index in [0.717, 1.165) is 22.3 Å². The summed E-state index contributed by atoms with van der Waals surface area (Å²) in [5, 5.41) is 6.77. The van der Waals surface area contributed by atoms with Crippen LogP contribution in [0.2, 0.25) is 0 Å². The van der Waals surface area contributed by atoms with Crippen molar-refractivity contribution in [1.29, 1.82) is 0 Å². The first-order chi connectivity index (χ1) is 13.7. The monoisotopic (exact) mass is 374 g/mol. The smallest absolute Gasteiger partial charge is 0.437 e. The molecule has 28 heavy (non-hydrogen) atoms. The third-order valence-corrected chi connectivity index (χ3v) is 4.52. The number of nitrogens with zero attached hydrogens (tertiary/aromatic N) is 1. The van der Waals surface area contributed by atoms with E-state index >= 15 is 0 Å². The van der Waals surface area contributed by atoms with Crippen LogP contribution in [0.4, 0.5) is 10.5 Å². The summed E-state index contributed by atoms with van der Waals surface area (Å²) in [4.78, 5) is 17.5. The van der Waals surface area contributed by atoms with E-state index in [2.05, 4.69) is 10.5 Å². The van der Waals surface area contributed by atoms with Gasteiger partial charge in [-0.05, 0) is 23.3 Å². The highest BCUT2D eigenvalue weighted by Crippen LogP contribution is 2.36. The maximum Gasteiger partial charge on any atom is 0.437 e. The predicted octanol–water partition coefficient (Wildman–Crippen LogP) is 4.69. The molecule has 3 aromatic rings. The normalized spacial score (nSPS) is 11.3. The van der Waals surface area contributed by atoms with Gasteiger partial charge in [0.15, 0.2) is 0 Å². The zero-order valence-electron chi connectivity index (χ0n) is 15.4. The highest BCUT2D eigenvalue weighted by atomic mass is 16.7. The van der Waals surface area contributed by atoms with Crippen molar-refractivity contribution >= 4 is 17.5 Å². The van der Waals surface area contributed by atoms with Gasteiger partial charge in [0.25, 0.3) is 0 Å². The molecule has 3 aromatic carbocycles. The van der Waals surface area contributed by atoms with Crippen LogP contribution in [0.3, 0.4) is 0 Å². The van der Waals surface area contributed by atoms with E-state index in [1.165, 1.54) is 7.11 Å². The molecule has 1 aliphatic carbocycles. The fraction of sp³-hybridized carbons (Fsp3) is 0.0909. The standard InChI is InChI=1S/C22H18N2O4/c1-26-14-11-12-20(27-2)19(13-14)23-22(25)28-24-21-17-9-5-3-7-15(17)16-8-4-6-10-18(16)21/h3-13H,1-2H3,(H,23,25). The van der Waals surface area contributed by atoms with Crippen molar-refractivity contribution in [2.75, 3.05) is 19.5 Å². The Labute approximate surface area is 162 Å². The van der Waals surface area contributed by atoms with Crippen LogP contribution in [0.5, 0.6) is 11.5 Å². The average molecular weight is 374 g/mol. The number of nitrogens with one attached hydrogen (secondary N) is 1. The molecule has 0 radical (unpaired) electrons. The van der Waals surface area contributed by atoms with Crippen molar-refractivity contribution in [2.45, 2.75) is 0 Å². The Hall–Kier alpha value is -3.80. The largest absolute Gasteiger partial charge is 0.497 e. The summed E-state index contributed by atoms with van der Waals surface area (Å²) < 4.78 is 10.4. The minimum Gasteiger partial charge on any atom is -0.497 e. The first-order valence-electron chi connectivity index (χ1n) is 8.68. The molecule has 4 rings (SSSR count). The lowest BCUT2D eigenvalue weighted by molar-refractivity contribution is 0.166. The van der Waals surface area contributed by atoms with Gasteiger partial charge in [-0.1, -0.05) is 53.7 Å². The molecule has 1 amide bonds. The number of carbonyl (C=O) groups excluding carboxylic acids is 1. The lowest BCUT2D eigenvalue weighted by Gasteiger charge is -2.10. The Kier molecular flexibility index (Phi) is 4.68. The third-order valence-electron chi connectivity index (χ3n) is 4.52. The molecular weight excluding hydrogens is 356 g/mol. The second kappa shape index (κ2) is 7.44. The second-order valence-corrected chi connectivity index (χ2v) is 6.10. The number of amides is 1. The van der Waals surface area contributed by atoms with Crippen molar-refractivity contribution < 1.29 is 19.1 Å². The van der Waals surface area contributed by atoms with Crippen LogP contribution in [-0.2, 0) is 4.84 Å². The van der Waals surface area contributed by atoms with E-state index in [-0.39, 0.29) is 0 Å². The molecule has 1 N–H and O–H groups in total. The highest BCUT2D eigenvalue weighted by Gasteiger charge is 2.25. The summed E-state index contributed by atoms with van der Waals surface area (Å²) >= 11 is 0. The van der Waals surface area contributed by atoms with E-state index in [9.17, 15) is 4.79 Å². The Morgan fingerprint density at radius 1 is 0.821 bits per heavy atom. The number of ether oxygens (including phenoxy) is 2. The summed E-state index contributed by atoms with van der Waals surface area (Å²) in [6.07, 6.45) is -0.721. The number of oxime groups is 1. The van der Waals surface area contributed by atoms with Crippen LogP contribution in [0.15, 0.2) is 71.9 Å². The minimum absolute atomic E-state index is 0.430. The van der Waals surface area contributed by atoms with Gasteiger partial charge in [-0.2, -0.15) is 0 Å². The van der Waals surface area contributed by atoms with Crippen LogP contribution in [0.25, 0.3) is 11.1 Å². The number of carbonyl (C=O) groups is 1. The molecule has 6 nitrogen and oxygen atoms in total. The molecule has 0 bridgehead atoms. The van der Waals surface area contributed by atoms with Gasteiger partial charge in [-0.25, -0.2) is 4.79 Å². The molecule has 0 heterocycles. The molecule has 0 aromatic heterocycles. The quantitative estimate of drug-likeness (QED) is 0.416. The van der Waals surface area contributed by atoms with Crippen molar-refractivity contribution in [3.05, 3.63) is 77.9 Å². The predicted molar refractivity (Wildman–Crippen MR) is 107 cm³/mol. The fourth-order valence-electron chi connectivity index (χ4n) is 3.22. The van der Waals surface area contributed by atoms with E-state index in [1.54, 1.807) is 25.3 Å². The van der Waals surface area contributed by atoms with Gasteiger partial charge in [0.05, 0.1) is 19.9 Å². The molecule has 0 unspecified atom stereocenters. The molecule has 1 aliphatic rings. The topological polar surface area (TPSA) is 69.2 Å². The first kappa shape index (κ1) is 17.6. The first-order valence-corrected chi connectivity index (χ1v) is 8.68. The van der Waals surface area contributed by atoms with E-state index in [1.807, 2.05) is 48.5 Å². The van der Waals surface area contributed by atoms with Crippen molar-refractivity contribution in [3.63, 3.8) is 0 Å². The van der Waals surface area contributed by atoms with Gasteiger partial charge >= 0.3 is 6.09 Å². The minimum atomic E-state index is -0.721. The van der Waals surface area contributed by atoms with Gasteiger partial charge < -0.3 is 9.47 Å². The van der Waals surface area contributed by atoms with E-state index in [4.69, 9.17) is 14.3 Å². The molecule has 0 spiro atoms. The summed E-state index contributed by atoms with van der Waals surface area (Å²) in [5.74, 6) is 1.07. The number of hydrogen-bond donors (Lipinski definition) is 1. The van der Waals surface area contributed by atoms with Crippen LogP contribution < -0.4 is 14.8 Å². The van der Waals surface area contributed by atoms with Gasteiger partial charge in [-0.3, -0.25) is 10.2 Å². The number of hydrogen-bond acceptors (Lipinski definition) is 5. The molecular formula is C22H18N2O4. The van der Waals surface area contributed by atoms with Gasteiger partial charge in [-0.15, -0.1) is 0 Å². The number of fused-ring (bicyclic) bond motifs is 3. The zero-order valence-corrected chi connectivity index (χ0v) is 15.4. The second-order valence-electron chi connectivity index (χ2n) is 6.10. The lowest BCUT2D eigenvalue weighted by atomic mass is 10.1. The van der Waals surface area contributed by atoms with Crippen LogP contribution in [-0.4, -0.2) is 26.0 Å². The molecule has 0 fully saturated rings. The van der Waals surface area contributed by atoms with Crippen LogP contribution in [0, 0.1) is 0 Å². The average Bonchev–Trinajstić information content (AvgIpc) is 3.06. The van der Waals surface area contributed by atoms with E-state index in [0.29, 0.717) is 22.9 Å². The summed E-state index contributed by atoms with van der Waals surface area (Å²) in [7, 11) is 3.07. The SMILES string of the molecule is COc1ccc(OC)c(NC(=O)ON=C2c3ccccc3-c3ccccc32)c1. The Morgan fingerprint density at radius 3 is 2.00 bits per heavy atom. The Bertz CT molecular complexity index is 1030. The van der Waals surface area contributed by atoms with Crippen molar-refractivity contribution in [2.24, 2.45) is 5.16 Å². The maximum absolute atomic E-state index is 12.3. The molecule has 0 atom stereocenters. The van der Waals surface area contributed by atoms with Crippen LogP contribution >= 0.6 is 0 Å². The molecule has 6 heteroatoms. The number of anilines is 1. The van der Waals surface area contributed by atoms with Crippen LogP contribution in [0.1, 0.15) is 11.1 Å². The summed E-state index contributed by atoms with van der Waals surface area (Å²) in [6.45, 7) is 0. The van der Waals surface area contributed by atoms with Gasteiger partial charge in [0.2, 0.25) is 0 Å². The molecule has 0 saturated carbocycles. The lowest BCUT2D eigenvalue weighted by Crippen LogP contribution is -2.13. The maximum atomic E-state index is 12.3. The summed E-state index contributed by atoms with van der Waals surface area (Å²) in [5.41, 5.74) is 5.04. The highest BCUT2D eigenvalue weighted by molar-refractivity contribution is 6.24. The molecule has 0 aliphatic heterocycles. The van der Waals surface area contributed by atoms with Crippen molar-refractivity contribution in [1.82, 2.24) is 0 Å². The fourth-order valence-corrected chi connectivity index (χ4v) is 3.22. The van der Waals surface area contributed by atoms with Crippen molar-refractivity contribution in [3.8, 4) is 22.6 Å². The zero-order chi connectivity index (χ0) is 19.5. The molecule has 0 saturated heterocycles. The molecule has 140 valence electrons. The Morgan fingerprint density at radius 2 is 1.43 bits per heavy atom. The third kappa shape index (κ3) is 3.16. The Balaban J connectivity index is 1.59. The number of rotatable bonds is 4. The number of methoxy groups -OCH3 is 2. The van der Waals surface area contributed by atoms with Gasteiger partial charge in [0, 0.05) is 17.2 Å². The summed E-state index contributed by atoms with van der Waals surface area (Å²) in [6, 6.07) is 20.9.